The number of aryl methyl sites for hydroxylation is 1. The number of hydrogen-bond acceptors (Lipinski definition) is 4. The van der Waals surface area contributed by atoms with Crippen molar-refractivity contribution in [2.45, 2.75) is 119 Å². The van der Waals surface area contributed by atoms with Crippen molar-refractivity contribution in [3.05, 3.63) is 51.7 Å². The number of allylic oxidation sites excluding steroid dienone is 4. The lowest BCUT2D eigenvalue weighted by atomic mass is 10.0. The van der Waals surface area contributed by atoms with E-state index >= 15 is 0 Å². The first-order chi connectivity index (χ1) is 18.7. The molecule has 0 radical (unpaired) electrons. The van der Waals surface area contributed by atoms with Gasteiger partial charge in [0.25, 0.3) is 0 Å². The molecule has 224 valence electrons. The van der Waals surface area contributed by atoms with Crippen LogP contribution in [0.25, 0.3) is 12.2 Å². The highest BCUT2D eigenvalue weighted by Crippen LogP contribution is 2.08. The van der Waals surface area contributed by atoms with Gasteiger partial charge in [0.1, 0.15) is 11.6 Å². The second-order valence-electron chi connectivity index (χ2n) is 9.69. The van der Waals surface area contributed by atoms with Crippen LogP contribution in [-0.2, 0) is 27.7 Å². The van der Waals surface area contributed by atoms with E-state index in [0.29, 0.717) is 0 Å². The SMILES string of the molecule is CC.CCC.CCCCC(CCc1nc2c(n1C)=CCC=C(C)C=2)NC=O.CO/C(C=C(C)C)=C/C(C)OC. The summed E-state index contributed by atoms with van der Waals surface area (Å²) < 4.78 is 12.4. The molecule has 0 spiro atoms. The number of amides is 1. The molecule has 1 aliphatic carbocycles. The number of nitrogens with zero attached hydrogens (tertiary/aromatic N) is 2. The zero-order valence-corrected chi connectivity index (χ0v) is 27.2. The molecule has 1 heterocycles. The van der Waals surface area contributed by atoms with Crippen LogP contribution in [0.5, 0.6) is 0 Å². The Bertz CT molecular complexity index is 983. The summed E-state index contributed by atoms with van der Waals surface area (Å²) >= 11 is 0. The molecule has 0 bridgehead atoms. The van der Waals surface area contributed by atoms with Gasteiger partial charge in [0.05, 0.1) is 23.9 Å². The molecule has 1 aromatic heterocycles. The number of ether oxygens (including phenoxy) is 2. The summed E-state index contributed by atoms with van der Waals surface area (Å²) in [4.78, 5) is 15.5. The Hall–Kier alpha value is -2.60. The summed E-state index contributed by atoms with van der Waals surface area (Å²) in [6.07, 6.45) is 18.8. The number of imidazole rings is 1. The second-order valence-corrected chi connectivity index (χ2v) is 9.69. The highest BCUT2D eigenvalue weighted by molar-refractivity contribution is 5.48. The largest absolute Gasteiger partial charge is 0.497 e. The fourth-order valence-corrected chi connectivity index (χ4v) is 3.70. The van der Waals surface area contributed by atoms with Crippen molar-refractivity contribution in [2.24, 2.45) is 7.05 Å². The van der Waals surface area contributed by atoms with E-state index in [1.54, 1.807) is 14.2 Å². The van der Waals surface area contributed by atoms with Crippen molar-refractivity contribution in [3.8, 4) is 0 Å². The number of rotatable bonds is 12. The van der Waals surface area contributed by atoms with Crippen LogP contribution in [0.2, 0.25) is 0 Å². The van der Waals surface area contributed by atoms with Crippen LogP contribution in [0, 0.1) is 0 Å². The number of fused-ring (bicyclic) bond motifs is 1. The number of nitrogens with one attached hydrogen (secondary N) is 1. The van der Waals surface area contributed by atoms with Crippen LogP contribution in [0.15, 0.2) is 35.1 Å². The van der Waals surface area contributed by atoms with E-state index in [-0.39, 0.29) is 12.1 Å². The topological polar surface area (TPSA) is 65.4 Å². The molecule has 6 heteroatoms. The predicted octanol–water partition coefficient (Wildman–Crippen LogP) is 6.53. The Morgan fingerprint density at radius 3 is 2.31 bits per heavy atom. The van der Waals surface area contributed by atoms with E-state index in [2.05, 4.69) is 62.9 Å². The number of hydrogen-bond donors (Lipinski definition) is 1. The van der Waals surface area contributed by atoms with Gasteiger partial charge in [-0.05, 0) is 65.2 Å². The molecule has 39 heavy (non-hydrogen) atoms. The Balaban J connectivity index is 0. The molecule has 2 rings (SSSR count). The zero-order valence-electron chi connectivity index (χ0n) is 27.2. The highest BCUT2D eigenvalue weighted by Gasteiger charge is 2.11. The van der Waals surface area contributed by atoms with E-state index in [0.717, 1.165) is 61.9 Å². The zero-order chi connectivity index (χ0) is 30.2. The van der Waals surface area contributed by atoms with Crippen molar-refractivity contribution >= 4 is 18.6 Å². The molecule has 2 atom stereocenters. The Morgan fingerprint density at radius 1 is 1.15 bits per heavy atom. The highest BCUT2D eigenvalue weighted by atomic mass is 16.5. The molecule has 0 aromatic carbocycles. The van der Waals surface area contributed by atoms with Crippen LogP contribution in [0.3, 0.4) is 0 Å². The van der Waals surface area contributed by atoms with Gasteiger partial charge < -0.3 is 19.4 Å². The van der Waals surface area contributed by atoms with Crippen molar-refractivity contribution < 1.29 is 14.3 Å². The van der Waals surface area contributed by atoms with Crippen LogP contribution in [0.1, 0.15) is 107 Å². The number of unbranched alkanes of at least 4 members (excludes halogenated alkanes) is 1. The molecule has 0 aliphatic heterocycles. The molecule has 1 aliphatic rings. The maximum atomic E-state index is 10.7. The molecule has 6 nitrogen and oxygen atoms in total. The number of carbonyl (C=O) groups is 1. The van der Waals surface area contributed by atoms with Gasteiger partial charge in [-0.15, -0.1) is 0 Å². The first kappa shape index (κ1) is 38.5. The number of aromatic nitrogens is 2. The minimum atomic E-state index is 0.0931. The lowest BCUT2D eigenvalue weighted by molar-refractivity contribution is -0.110. The standard InChI is InChI=1S/C18H27N3O.C10H18O2.C3H8.C2H6/c1-4-5-8-15(19-13-22)10-11-18-20-16-12-14(2)7-6-9-17(16)21(18)3;1-8(2)6-10(12-5)7-9(3)11-4;1-3-2;1-2/h7,9,12-13,15H,4-6,8,10-11H2,1-3H3,(H,19,22);6-7,9H,1-5H3;3H2,1-2H3;1-2H3/b;10-7+;;. The van der Waals surface area contributed by atoms with Gasteiger partial charge in [-0.1, -0.05) is 77.2 Å². The molecule has 0 fully saturated rings. The molecule has 2 unspecified atom stereocenters. The normalized spacial score (nSPS) is 13.3. The average Bonchev–Trinajstić information content (AvgIpc) is 3.07. The smallest absolute Gasteiger partial charge is 0.207 e. The van der Waals surface area contributed by atoms with Crippen LogP contribution < -0.4 is 16.0 Å². The Labute approximate surface area is 240 Å². The monoisotopic (exact) mass is 545 g/mol. The van der Waals surface area contributed by atoms with Gasteiger partial charge >= 0.3 is 0 Å². The molecular weight excluding hydrogens is 486 g/mol. The second kappa shape index (κ2) is 24.4. The van der Waals surface area contributed by atoms with Gasteiger partial charge in [-0.25, -0.2) is 4.98 Å². The van der Waals surface area contributed by atoms with Crippen molar-refractivity contribution in [1.29, 1.82) is 0 Å². The van der Waals surface area contributed by atoms with Crippen LogP contribution in [0.4, 0.5) is 0 Å². The quantitative estimate of drug-likeness (QED) is 0.184. The van der Waals surface area contributed by atoms with Crippen molar-refractivity contribution in [1.82, 2.24) is 14.9 Å². The predicted molar refractivity (Wildman–Crippen MR) is 169 cm³/mol. The van der Waals surface area contributed by atoms with Gasteiger partial charge in [-0.2, -0.15) is 0 Å². The third kappa shape index (κ3) is 17.6. The van der Waals surface area contributed by atoms with Crippen LogP contribution >= 0.6 is 0 Å². The first-order valence-corrected chi connectivity index (χ1v) is 14.7. The van der Waals surface area contributed by atoms with E-state index in [9.17, 15) is 4.79 Å². The summed E-state index contributed by atoms with van der Waals surface area (Å²) in [6.45, 7) is 18.6. The third-order valence-electron chi connectivity index (χ3n) is 5.74. The maximum absolute atomic E-state index is 10.7. The Morgan fingerprint density at radius 2 is 1.79 bits per heavy atom. The summed E-state index contributed by atoms with van der Waals surface area (Å²) in [5.74, 6) is 1.95. The van der Waals surface area contributed by atoms with Gasteiger partial charge in [0.15, 0.2) is 0 Å². The van der Waals surface area contributed by atoms with E-state index in [1.807, 2.05) is 46.8 Å². The molecule has 1 N–H and O–H groups in total. The fourth-order valence-electron chi connectivity index (χ4n) is 3.70. The lowest BCUT2D eigenvalue weighted by Gasteiger charge is -2.15. The van der Waals surface area contributed by atoms with Gasteiger partial charge in [-0.3, -0.25) is 4.79 Å². The molecule has 0 saturated carbocycles. The van der Waals surface area contributed by atoms with Gasteiger partial charge in [0, 0.05) is 26.6 Å². The molecule has 1 amide bonds. The fraction of sp³-hybridized carbons (Fsp3) is 0.636. The Kier molecular flexibility index (Phi) is 24.2. The van der Waals surface area contributed by atoms with Crippen LogP contribution in [-0.4, -0.2) is 42.3 Å². The molecular formula is C33H59N3O3. The van der Waals surface area contributed by atoms with Gasteiger partial charge in [0.2, 0.25) is 6.41 Å². The third-order valence-corrected chi connectivity index (χ3v) is 5.74. The summed E-state index contributed by atoms with van der Waals surface area (Å²) in [5, 5.41) is 5.22. The maximum Gasteiger partial charge on any atom is 0.207 e. The minimum Gasteiger partial charge on any atom is -0.497 e. The molecule has 0 saturated heterocycles. The minimum absolute atomic E-state index is 0.0931. The summed E-state index contributed by atoms with van der Waals surface area (Å²) in [7, 11) is 5.42. The average molecular weight is 546 g/mol. The number of methoxy groups -OCH3 is 2. The molecule has 1 aromatic rings. The lowest BCUT2D eigenvalue weighted by Crippen LogP contribution is -2.29. The van der Waals surface area contributed by atoms with E-state index in [1.165, 1.54) is 22.9 Å². The van der Waals surface area contributed by atoms with E-state index in [4.69, 9.17) is 14.5 Å². The first-order valence-electron chi connectivity index (χ1n) is 14.7. The van der Waals surface area contributed by atoms with E-state index < -0.39 is 0 Å². The summed E-state index contributed by atoms with van der Waals surface area (Å²) in [6, 6.07) is 0.253. The number of carbonyl (C=O) groups excluding carboxylic acids is 1. The van der Waals surface area contributed by atoms with Crippen molar-refractivity contribution in [3.63, 3.8) is 0 Å². The summed E-state index contributed by atoms with van der Waals surface area (Å²) in [5.41, 5.74) is 2.48. The van der Waals surface area contributed by atoms with Crippen molar-refractivity contribution in [2.75, 3.05) is 14.2 Å².